The lowest BCUT2D eigenvalue weighted by Crippen LogP contribution is -2.39. The molecule has 3 aromatic rings. The number of halogens is 1. The molecule has 0 bridgehead atoms. The number of hydrogen-bond donors (Lipinski definition) is 1. The molecule has 0 radical (unpaired) electrons. The van der Waals surface area contributed by atoms with Gasteiger partial charge in [-0.2, -0.15) is 0 Å². The van der Waals surface area contributed by atoms with Crippen LogP contribution in [0, 0.1) is 0 Å². The number of fused-ring (bicyclic) bond motifs is 1. The Balaban J connectivity index is 2.03. The van der Waals surface area contributed by atoms with E-state index in [1.165, 1.54) is 10.8 Å². The summed E-state index contributed by atoms with van der Waals surface area (Å²) >= 11 is 6.10. The molecule has 0 amide bonds. The van der Waals surface area contributed by atoms with Crippen molar-refractivity contribution in [2.45, 2.75) is 19.9 Å². The third kappa shape index (κ3) is 4.32. The Labute approximate surface area is 200 Å². The zero-order valence-corrected chi connectivity index (χ0v) is 19.3. The average Bonchev–Trinajstić information content (AvgIpc) is 2.84. The van der Waals surface area contributed by atoms with Crippen LogP contribution in [0.25, 0.3) is 5.70 Å². The van der Waals surface area contributed by atoms with E-state index < -0.39 is 23.5 Å². The quantitative estimate of drug-likeness (QED) is 0.532. The van der Waals surface area contributed by atoms with Crippen molar-refractivity contribution in [1.82, 2.24) is 9.55 Å². The van der Waals surface area contributed by atoms with Crippen LogP contribution in [-0.4, -0.2) is 34.7 Å². The zero-order chi connectivity index (χ0) is 24.2. The van der Waals surface area contributed by atoms with E-state index in [2.05, 4.69) is 10.3 Å². The highest BCUT2D eigenvalue weighted by Crippen LogP contribution is 2.38. The molecule has 0 spiro atoms. The predicted octanol–water partition coefficient (Wildman–Crippen LogP) is 4.06. The number of benzene rings is 2. The van der Waals surface area contributed by atoms with Gasteiger partial charge in [0, 0.05) is 5.02 Å². The van der Waals surface area contributed by atoms with Crippen molar-refractivity contribution in [3.63, 3.8) is 0 Å². The standard InChI is InChI=1S/C25H22ClN3O5/c1-3-33-23(31)18-14-27-25-28-20(15-8-6-5-7-9-15)19(24(32)34-4-2)21(29(25)22(18)30)16-10-12-17(26)13-11-16/h5-14,21H,3-4H2,1-2H3,(H,27,28). The van der Waals surface area contributed by atoms with Crippen molar-refractivity contribution in [2.75, 3.05) is 18.5 Å². The van der Waals surface area contributed by atoms with Gasteiger partial charge in [0.05, 0.1) is 36.7 Å². The summed E-state index contributed by atoms with van der Waals surface area (Å²) in [5, 5.41) is 3.60. The van der Waals surface area contributed by atoms with E-state index in [9.17, 15) is 14.4 Å². The fourth-order valence-electron chi connectivity index (χ4n) is 3.81. The normalized spacial score (nSPS) is 14.7. The molecule has 0 aliphatic carbocycles. The van der Waals surface area contributed by atoms with Crippen LogP contribution < -0.4 is 10.9 Å². The number of rotatable bonds is 6. The summed E-state index contributed by atoms with van der Waals surface area (Å²) in [6.45, 7) is 3.59. The van der Waals surface area contributed by atoms with Crippen LogP contribution in [0.1, 0.15) is 41.4 Å². The maximum Gasteiger partial charge on any atom is 0.345 e. The SMILES string of the molecule is CCOC(=O)C1=C(c2ccccc2)Nc2ncc(C(=O)OCC)c(=O)n2C1c1ccc(Cl)cc1. The molecule has 1 aliphatic rings. The Hall–Kier alpha value is -3.91. The molecule has 1 unspecified atom stereocenters. The molecule has 0 saturated heterocycles. The number of ether oxygens (including phenoxy) is 2. The molecule has 1 N–H and O–H groups in total. The first-order valence-corrected chi connectivity index (χ1v) is 11.1. The van der Waals surface area contributed by atoms with Crippen molar-refractivity contribution >= 4 is 35.2 Å². The van der Waals surface area contributed by atoms with E-state index in [1.54, 1.807) is 38.1 Å². The lowest BCUT2D eigenvalue weighted by molar-refractivity contribution is -0.138. The summed E-state index contributed by atoms with van der Waals surface area (Å²) in [6.07, 6.45) is 1.18. The molecule has 174 valence electrons. The molecule has 0 fully saturated rings. The van der Waals surface area contributed by atoms with Crippen molar-refractivity contribution in [2.24, 2.45) is 0 Å². The number of nitrogens with zero attached hydrogens (tertiary/aromatic N) is 2. The second-order valence-electron chi connectivity index (χ2n) is 7.35. The summed E-state index contributed by atoms with van der Waals surface area (Å²) < 4.78 is 11.7. The molecule has 1 aliphatic heterocycles. The van der Waals surface area contributed by atoms with E-state index in [-0.39, 0.29) is 30.3 Å². The summed E-state index contributed by atoms with van der Waals surface area (Å²) in [7, 11) is 0. The number of esters is 2. The lowest BCUT2D eigenvalue weighted by atomic mass is 9.92. The molecule has 1 atom stereocenters. The van der Waals surface area contributed by atoms with Crippen LogP contribution in [0.5, 0.6) is 0 Å². The van der Waals surface area contributed by atoms with E-state index in [0.29, 0.717) is 21.8 Å². The Kier molecular flexibility index (Phi) is 6.79. The largest absolute Gasteiger partial charge is 0.463 e. The lowest BCUT2D eigenvalue weighted by Gasteiger charge is -2.32. The number of nitrogens with one attached hydrogen (secondary N) is 1. The Bertz CT molecular complexity index is 1320. The average molecular weight is 480 g/mol. The van der Waals surface area contributed by atoms with Crippen LogP contribution >= 0.6 is 11.6 Å². The summed E-state index contributed by atoms with van der Waals surface area (Å²) in [6, 6.07) is 15.0. The van der Waals surface area contributed by atoms with Crippen LogP contribution in [0.15, 0.2) is 71.2 Å². The minimum atomic E-state index is -0.933. The summed E-state index contributed by atoms with van der Waals surface area (Å²) in [5.74, 6) is -1.22. The molecule has 0 saturated carbocycles. The highest BCUT2D eigenvalue weighted by Gasteiger charge is 2.37. The van der Waals surface area contributed by atoms with Gasteiger partial charge in [0.15, 0.2) is 0 Å². The Morgan fingerprint density at radius 3 is 2.29 bits per heavy atom. The Morgan fingerprint density at radius 2 is 1.65 bits per heavy atom. The van der Waals surface area contributed by atoms with Gasteiger partial charge in [-0.05, 0) is 37.1 Å². The number of carbonyl (C=O) groups is 2. The maximum atomic E-state index is 13.5. The monoisotopic (exact) mass is 479 g/mol. The molecular weight excluding hydrogens is 458 g/mol. The van der Waals surface area contributed by atoms with Crippen LogP contribution in [0.4, 0.5) is 5.95 Å². The third-order valence-electron chi connectivity index (χ3n) is 5.27. The smallest absolute Gasteiger partial charge is 0.345 e. The van der Waals surface area contributed by atoms with E-state index in [4.69, 9.17) is 21.1 Å². The molecule has 4 rings (SSSR count). The van der Waals surface area contributed by atoms with Gasteiger partial charge in [-0.1, -0.05) is 54.1 Å². The van der Waals surface area contributed by atoms with Gasteiger partial charge in [0.2, 0.25) is 5.95 Å². The maximum absolute atomic E-state index is 13.5. The van der Waals surface area contributed by atoms with Gasteiger partial charge in [-0.15, -0.1) is 0 Å². The van der Waals surface area contributed by atoms with Crippen molar-refractivity contribution in [3.05, 3.63) is 98.4 Å². The molecular formula is C25H22ClN3O5. The Morgan fingerprint density at radius 1 is 1.00 bits per heavy atom. The van der Waals surface area contributed by atoms with Crippen LogP contribution in [0.3, 0.4) is 0 Å². The van der Waals surface area contributed by atoms with Crippen LogP contribution in [0.2, 0.25) is 5.02 Å². The number of carbonyl (C=O) groups excluding carboxylic acids is 2. The molecule has 2 aromatic carbocycles. The topological polar surface area (TPSA) is 99.5 Å². The minimum absolute atomic E-state index is 0.102. The third-order valence-corrected chi connectivity index (χ3v) is 5.52. The van der Waals surface area contributed by atoms with E-state index in [1.807, 2.05) is 30.3 Å². The van der Waals surface area contributed by atoms with Gasteiger partial charge in [0.1, 0.15) is 5.56 Å². The summed E-state index contributed by atoms with van der Waals surface area (Å²) in [5.41, 5.74) is 1.07. The van der Waals surface area contributed by atoms with Gasteiger partial charge in [0.25, 0.3) is 5.56 Å². The van der Waals surface area contributed by atoms with E-state index >= 15 is 0 Å². The number of anilines is 1. The molecule has 8 nitrogen and oxygen atoms in total. The highest BCUT2D eigenvalue weighted by molar-refractivity contribution is 6.30. The highest BCUT2D eigenvalue weighted by atomic mass is 35.5. The fraction of sp³-hybridized carbons (Fsp3) is 0.200. The van der Waals surface area contributed by atoms with Gasteiger partial charge in [-0.3, -0.25) is 9.36 Å². The molecule has 34 heavy (non-hydrogen) atoms. The molecule has 9 heteroatoms. The first-order chi connectivity index (χ1) is 16.5. The van der Waals surface area contributed by atoms with Gasteiger partial charge >= 0.3 is 11.9 Å². The number of hydrogen-bond acceptors (Lipinski definition) is 7. The van der Waals surface area contributed by atoms with Gasteiger partial charge < -0.3 is 14.8 Å². The molecule has 2 heterocycles. The zero-order valence-electron chi connectivity index (χ0n) is 18.6. The predicted molar refractivity (Wildman–Crippen MR) is 128 cm³/mol. The second kappa shape index (κ2) is 9.93. The van der Waals surface area contributed by atoms with Crippen molar-refractivity contribution in [3.8, 4) is 0 Å². The van der Waals surface area contributed by atoms with Gasteiger partial charge in [-0.25, -0.2) is 14.6 Å². The summed E-state index contributed by atoms with van der Waals surface area (Å²) in [4.78, 5) is 43.6. The van der Waals surface area contributed by atoms with Crippen molar-refractivity contribution in [1.29, 1.82) is 0 Å². The van der Waals surface area contributed by atoms with E-state index in [0.717, 1.165) is 0 Å². The van der Waals surface area contributed by atoms with Crippen molar-refractivity contribution < 1.29 is 19.1 Å². The van der Waals surface area contributed by atoms with Crippen LogP contribution in [-0.2, 0) is 14.3 Å². The fourth-order valence-corrected chi connectivity index (χ4v) is 3.94. The molecule has 1 aromatic heterocycles. The first-order valence-electron chi connectivity index (χ1n) is 10.7. The first kappa shape index (κ1) is 23.3. The second-order valence-corrected chi connectivity index (χ2v) is 7.78. The number of aromatic nitrogens is 2. The minimum Gasteiger partial charge on any atom is -0.463 e.